The zero-order chi connectivity index (χ0) is 11.4. The van der Waals surface area contributed by atoms with Crippen LogP contribution in [0.5, 0.6) is 0 Å². The van der Waals surface area contributed by atoms with Crippen molar-refractivity contribution in [2.45, 2.75) is 38.1 Å². The molecule has 1 aliphatic carbocycles. The molecule has 1 fully saturated rings. The summed E-state index contributed by atoms with van der Waals surface area (Å²) in [5.74, 6) is 1.70. The molecule has 1 aliphatic heterocycles. The number of nitrogens with one attached hydrogen (secondary N) is 1. The van der Waals surface area contributed by atoms with E-state index in [9.17, 15) is 5.26 Å². The molecule has 1 saturated carbocycles. The van der Waals surface area contributed by atoms with Gasteiger partial charge in [0.1, 0.15) is 0 Å². The maximum Gasteiger partial charge on any atom is 0.0947 e. The summed E-state index contributed by atoms with van der Waals surface area (Å²) in [6.07, 6.45) is 8.65. The van der Waals surface area contributed by atoms with Crippen LogP contribution in [0.4, 0.5) is 0 Å². The minimum absolute atomic E-state index is 0.191. The number of nitrogens with zero attached hydrogens (tertiary/aromatic N) is 1. The molecule has 16 heavy (non-hydrogen) atoms. The summed E-state index contributed by atoms with van der Waals surface area (Å²) in [6, 6.07) is 2.57. The van der Waals surface area contributed by atoms with Gasteiger partial charge in [0.15, 0.2) is 0 Å². The number of hydrogen-bond acceptors (Lipinski definition) is 2. The lowest BCUT2D eigenvalue weighted by Gasteiger charge is -2.34. The lowest BCUT2D eigenvalue weighted by molar-refractivity contribution is 0.263. The second-order valence-electron chi connectivity index (χ2n) is 4.91. The highest BCUT2D eigenvalue weighted by molar-refractivity contribution is 6.18. The molecular weight excluding hydrogens is 220 g/mol. The molecule has 0 aromatic heterocycles. The molecule has 1 heterocycles. The van der Waals surface area contributed by atoms with Gasteiger partial charge in [0, 0.05) is 30.0 Å². The van der Waals surface area contributed by atoms with E-state index in [1.807, 2.05) is 6.08 Å². The Bertz CT molecular complexity index is 300. The average Bonchev–Trinajstić information content (AvgIpc) is 2.39. The zero-order valence-electron chi connectivity index (χ0n) is 9.58. The first kappa shape index (κ1) is 12.0. The van der Waals surface area contributed by atoms with Crippen molar-refractivity contribution in [3.05, 3.63) is 11.6 Å². The summed E-state index contributed by atoms with van der Waals surface area (Å²) >= 11 is 5.82. The SMILES string of the molecule is N#CC1=CC(CCl)NCC1C1CCCCC1. The quantitative estimate of drug-likeness (QED) is 0.751. The van der Waals surface area contributed by atoms with Gasteiger partial charge in [0.05, 0.1) is 6.07 Å². The Morgan fingerprint density at radius 1 is 1.38 bits per heavy atom. The van der Waals surface area contributed by atoms with Crippen LogP contribution in [0, 0.1) is 23.2 Å². The van der Waals surface area contributed by atoms with Crippen LogP contribution in [-0.2, 0) is 0 Å². The Morgan fingerprint density at radius 3 is 2.75 bits per heavy atom. The molecule has 1 N–H and O–H groups in total. The van der Waals surface area contributed by atoms with E-state index in [1.165, 1.54) is 32.1 Å². The Labute approximate surface area is 103 Å². The third kappa shape index (κ3) is 2.59. The molecule has 2 aliphatic rings. The molecule has 0 amide bonds. The minimum atomic E-state index is 0.191. The molecule has 2 atom stereocenters. The number of rotatable bonds is 2. The van der Waals surface area contributed by atoms with Crippen molar-refractivity contribution in [2.24, 2.45) is 11.8 Å². The minimum Gasteiger partial charge on any atom is -0.309 e. The lowest BCUT2D eigenvalue weighted by atomic mass is 9.75. The van der Waals surface area contributed by atoms with Crippen LogP contribution < -0.4 is 5.32 Å². The fourth-order valence-corrected chi connectivity index (χ4v) is 3.16. The van der Waals surface area contributed by atoms with Crippen LogP contribution in [-0.4, -0.2) is 18.5 Å². The molecule has 0 spiro atoms. The Morgan fingerprint density at radius 2 is 2.12 bits per heavy atom. The summed E-state index contributed by atoms with van der Waals surface area (Å²) < 4.78 is 0. The second kappa shape index (κ2) is 5.70. The molecule has 0 saturated heterocycles. The van der Waals surface area contributed by atoms with E-state index in [2.05, 4.69) is 11.4 Å². The van der Waals surface area contributed by atoms with Crippen LogP contribution in [0.25, 0.3) is 0 Å². The van der Waals surface area contributed by atoms with Crippen molar-refractivity contribution < 1.29 is 0 Å². The second-order valence-corrected chi connectivity index (χ2v) is 5.22. The first-order valence-corrected chi connectivity index (χ1v) is 6.79. The predicted octanol–water partition coefficient (Wildman–Crippen LogP) is 2.84. The van der Waals surface area contributed by atoms with Gasteiger partial charge in [-0.05, 0) is 18.8 Å². The average molecular weight is 239 g/mol. The molecule has 0 bridgehead atoms. The molecule has 88 valence electrons. The van der Waals surface area contributed by atoms with Gasteiger partial charge >= 0.3 is 0 Å². The van der Waals surface area contributed by atoms with Gasteiger partial charge in [-0.25, -0.2) is 0 Å². The maximum atomic E-state index is 9.22. The number of hydrogen-bond donors (Lipinski definition) is 1. The van der Waals surface area contributed by atoms with Gasteiger partial charge in [0.25, 0.3) is 0 Å². The lowest BCUT2D eigenvalue weighted by Crippen LogP contribution is -2.41. The highest BCUT2D eigenvalue weighted by Crippen LogP contribution is 2.34. The zero-order valence-corrected chi connectivity index (χ0v) is 10.3. The molecule has 2 rings (SSSR count). The molecule has 0 aromatic carbocycles. The van der Waals surface area contributed by atoms with E-state index < -0.39 is 0 Å². The van der Waals surface area contributed by atoms with Gasteiger partial charge in [-0.2, -0.15) is 5.26 Å². The fraction of sp³-hybridized carbons (Fsp3) is 0.769. The predicted molar refractivity (Wildman–Crippen MR) is 66.3 cm³/mol. The first-order valence-electron chi connectivity index (χ1n) is 6.26. The first-order chi connectivity index (χ1) is 7.85. The molecule has 3 heteroatoms. The monoisotopic (exact) mass is 238 g/mol. The highest BCUT2D eigenvalue weighted by Gasteiger charge is 2.30. The Balaban J connectivity index is 2.06. The van der Waals surface area contributed by atoms with Crippen LogP contribution in [0.3, 0.4) is 0 Å². The van der Waals surface area contributed by atoms with Crippen molar-refractivity contribution in [1.82, 2.24) is 5.32 Å². The Hall–Kier alpha value is -0.520. The van der Waals surface area contributed by atoms with Gasteiger partial charge < -0.3 is 5.32 Å². The third-order valence-corrected chi connectivity index (χ3v) is 4.23. The van der Waals surface area contributed by atoms with Crippen LogP contribution >= 0.6 is 11.6 Å². The van der Waals surface area contributed by atoms with Crippen molar-refractivity contribution >= 4 is 11.6 Å². The highest BCUT2D eigenvalue weighted by atomic mass is 35.5. The molecule has 2 unspecified atom stereocenters. The van der Waals surface area contributed by atoms with Crippen molar-refractivity contribution in [3.8, 4) is 6.07 Å². The summed E-state index contributed by atoms with van der Waals surface area (Å²) in [5, 5.41) is 12.6. The van der Waals surface area contributed by atoms with E-state index in [-0.39, 0.29) is 6.04 Å². The largest absolute Gasteiger partial charge is 0.309 e. The van der Waals surface area contributed by atoms with Gasteiger partial charge in [-0.15, -0.1) is 11.6 Å². The van der Waals surface area contributed by atoms with Gasteiger partial charge in [-0.3, -0.25) is 0 Å². The van der Waals surface area contributed by atoms with Crippen molar-refractivity contribution in [1.29, 1.82) is 5.26 Å². The van der Waals surface area contributed by atoms with Gasteiger partial charge in [0.2, 0.25) is 0 Å². The van der Waals surface area contributed by atoms with Crippen LogP contribution in [0.1, 0.15) is 32.1 Å². The summed E-state index contributed by atoms with van der Waals surface area (Å²) in [6.45, 7) is 0.932. The topological polar surface area (TPSA) is 35.8 Å². The summed E-state index contributed by atoms with van der Waals surface area (Å²) in [7, 11) is 0. The summed E-state index contributed by atoms with van der Waals surface area (Å²) in [5.41, 5.74) is 0.969. The molecule has 0 radical (unpaired) electrons. The fourth-order valence-electron chi connectivity index (χ4n) is 2.96. The van der Waals surface area contributed by atoms with E-state index >= 15 is 0 Å². The van der Waals surface area contributed by atoms with E-state index in [0.717, 1.165) is 12.1 Å². The van der Waals surface area contributed by atoms with E-state index in [4.69, 9.17) is 11.6 Å². The standard InChI is InChI=1S/C13H19ClN2/c14-7-12-6-11(8-15)13(9-16-12)10-4-2-1-3-5-10/h6,10,12-13,16H,1-5,7,9H2. The van der Waals surface area contributed by atoms with Crippen LogP contribution in [0.15, 0.2) is 11.6 Å². The molecule has 2 nitrogen and oxygen atoms in total. The number of nitriles is 1. The molecular formula is C13H19ClN2. The maximum absolute atomic E-state index is 9.22. The van der Waals surface area contributed by atoms with Gasteiger partial charge in [-0.1, -0.05) is 25.3 Å². The number of alkyl halides is 1. The number of halogens is 1. The Kier molecular flexibility index (Phi) is 4.26. The smallest absolute Gasteiger partial charge is 0.0947 e. The summed E-state index contributed by atoms with van der Waals surface area (Å²) in [4.78, 5) is 0. The normalized spacial score (nSPS) is 31.9. The van der Waals surface area contributed by atoms with E-state index in [0.29, 0.717) is 17.7 Å². The molecule has 0 aromatic rings. The van der Waals surface area contributed by atoms with Crippen molar-refractivity contribution in [3.63, 3.8) is 0 Å². The third-order valence-electron chi connectivity index (χ3n) is 3.89. The van der Waals surface area contributed by atoms with E-state index in [1.54, 1.807) is 0 Å². The van der Waals surface area contributed by atoms with Crippen LogP contribution in [0.2, 0.25) is 0 Å². The van der Waals surface area contributed by atoms with Crippen molar-refractivity contribution in [2.75, 3.05) is 12.4 Å².